The molecule has 2 fully saturated rings. The molecule has 0 spiro atoms. The van der Waals surface area contributed by atoms with Crippen LogP contribution in [-0.2, 0) is 11.2 Å². The topological polar surface area (TPSA) is 32.8 Å². The molecule has 2 aliphatic rings. The van der Waals surface area contributed by atoms with Gasteiger partial charge in [0.1, 0.15) is 5.75 Å². The van der Waals surface area contributed by atoms with Gasteiger partial charge in [0.05, 0.1) is 4.58 Å². The van der Waals surface area contributed by atoms with Gasteiger partial charge in [-0.2, -0.15) is 0 Å². The Labute approximate surface area is 201 Å². The van der Waals surface area contributed by atoms with Gasteiger partial charge in [0.25, 0.3) is 5.91 Å². The minimum Gasteiger partial charge on any atom is -0.484 e. The Balaban J connectivity index is 1.17. The maximum atomic E-state index is 12.7. The molecule has 32 heavy (non-hydrogen) atoms. The minimum atomic E-state index is 0.0959. The smallest absolute Gasteiger partial charge is 0.260 e. The molecule has 172 valence electrons. The zero-order valence-electron chi connectivity index (χ0n) is 18.8. The lowest BCUT2D eigenvalue weighted by Gasteiger charge is -2.22. The number of carbonyl (C=O) groups excluding carboxylic acids is 1. The number of amides is 1. The summed E-state index contributed by atoms with van der Waals surface area (Å²) in [5, 5.41) is 0. The first-order valence-corrected chi connectivity index (χ1v) is 13.9. The van der Waals surface area contributed by atoms with Crippen LogP contribution in [0.4, 0.5) is 0 Å². The van der Waals surface area contributed by atoms with Crippen molar-refractivity contribution in [3.63, 3.8) is 0 Å². The van der Waals surface area contributed by atoms with Crippen LogP contribution in [0.3, 0.4) is 0 Å². The van der Waals surface area contributed by atoms with Crippen LogP contribution < -0.4 is 4.74 Å². The largest absolute Gasteiger partial charge is 0.484 e. The van der Waals surface area contributed by atoms with Gasteiger partial charge in [-0.05, 0) is 73.5 Å². The molecule has 0 radical (unpaired) electrons. The summed E-state index contributed by atoms with van der Waals surface area (Å²) < 4.78 is 6.36. The summed E-state index contributed by atoms with van der Waals surface area (Å²) in [5.74, 6) is 3.36. The molecule has 1 amide bonds. The van der Waals surface area contributed by atoms with Gasteiger partial charge >= 0.3 is 0 Å². The molecule has 6 heteroatoms. The Kier molecular flexibility index (Phi) is 9.24. The summed E-state index contributed by atoms with van der Waals surface area (Å²) >= 11 is 4.04. The van der Waals surface area contributed by atoms with E-state index >= 15 is 0 Å². The Morgan fingerprint density at radius 2 is 1.69 bits per heavy atom. The van der Waals surface area contributed by atoms with Crippen molar-refractivity contribution in [1.82, 2.24) is 9.80 Å². The zero-order valence-corrected chi connectivity index (χ0v) is 20.4. The molecule has 2 aliphatic heterocycles. The Hall–Kier alpha value is -1.63. The molecule has 0 N–H and O–H groups in total. The third-order valence-electron chi connectivity index (χ3n) is 6.07. The summed E-state index contributed by atoms with van der Waals surface area (Å²) in [5.41, 5.74) is 2.75. The second kappa shape index (κ2) is 12.6. The van der Waals surface area contributed by atoms with E-state index in [0.717, 1.165) is 57.7 Å². The van der Waals surface area contributed by atoms with Crippen LogP contribution in [0.2, 0.25) is 0 Å². The molecule has 4 rings (SSSR count). The average molecular weight is 471 g/mol. The van der Waals surface area contributed by atoms with E-state index in [1.807, 2.05) is 40.6 Å². The lowest BCUT2D eigenvalue weighted by atomic mass is 10.1. The SMILES string of the molecule is O=C(COc1ccc(C2SCCCS2)cc1)N1CCCN(CCCc2ccccc2)CC1. The predicted octanol–water partition coefficient (Wildman–Crippen LogP) is 5.10. The highest BCUT2D eigenvalue weighted by atomic mass is 32.2. The lowest BCUT2D eigenvalue weighted by molar-refractivity contribution is -0.133. The number of benzene rings is 2. The van der Waals surface area contributed by atoms with Crippen molar-refractivity contribution in [2.24, 2.45) is 0 Å². The van der Waals surface area contributed by atoms with E-state index in [2.05, 4.69) is 47.4 Å². The van der Waals surface area contributed by atoms with Crippen LogP contribution in [0.25, 0.3) is 0 Å². The first kappa shape index (κ1) is 23.5. The van der Waals surface area contributed by atoms with Crippen LogP contribution in [-0.4, -0.2) is 66.5 Å². The van der Waals surface area contributed by atoms with Gasteiger partial charge in [0, 0.05) is 19.6 Å². The van der Waals surface area contributed by atoms with E-state index in [-0.39, 0.29) is 12.5 Å². The molecule has 0 aromatic heterocycles. The van der Waals surface area contributed by atoms with E-state index in [1.54, 1.807) is 0 Å². The monoisotopic (exact) mass is 470 g/mol. The number of hydrogen-bond donors (Lipinski definition) is 0. The number of thioether (sulfide) groups is 2. The fraction of sp³-hybridized carbons (Fsp3) is 0.500. The van der Waals surface area contributed by atoms with Gasteiger partial charge in [-0.15, -0.1) is 23.5 Å². The molecule has 2 aromatic carbocycles. The van der Waals surface area contributed by atoms with Crippen molar-refractivity contribution < 1.29 is 9.53 Å². The van der Waals surface area contributed by atoms with Crippen molar-refractivity contribution in [2.75, 3.05) is 50.8 Å². The van der Waals surface area contributed by atoms with Gasteiger partial charge in [0.2, 0.25) is 0 Å². The van der Waals surface area contributed by atoms with Crippen molar-refractivity contribution in [2.45, 2.75) is 30.3 Å². The Morgan fingerprint density at radius 3 is 2.47 bits per heavy atom. The second-order valence-electron chi connectivity index (χ2n) is 8.45. The predicted molar refractivity (Wildman–Crippen MR) is 137 cm³/mol. The van der Waals surface area contributed by atoms with Crippen LogP contribution >= 0.6 is 23.5 Å². The van der Waals surface area contributed by atoms with E-state index in [4.69, 9.17) is 4.74 Å². The number of ether oxygens (including phenoxy) is 1. The van der Waals surface area contributed by atoms with Crippen LogP contribution in [0.15, 0.2) is 54.6 Å². The van der Waals surface area contributed by atoms with Gasteiger partial charge in [-0.25, -0.2) is 0 Å². The number of nitrogens with zero attached hydrogens (tertiary/aromatic N) is 2. The molecule has 4 nitrogen and oxygen atoms in total. The van der Waals surface area contributed by atoms with Gasteiger partial charge in [0.15, 0.2) is 6.61 Å². The third kappa shape index (κ3) is 7.19. The molecule has 0 bridgehead atoms. The standard InChI is InChI=1S/C26H34N2O2S2/c29-25(21-30-24-12-10-23(11-13-24)26-31-19-6-20-32-26)28-16-5-15-27(17-18-28)14-4-9-22-7-2-1-3-8-22/h1-3,7-8,10-13,26H,4-6,9,14-21H2. The molecule has 0 unspecified atom stereocenters. The molecular weight excluding hydrogens is 436 g/mol. The van der Waals surface area contributed by atoms with Gasteiger partial charge in [-0.3, -0.25) is 4.79 Å². The van der Waals surface area contributed by atoms with E-state index < -0.39 is 0 Å². The van der Waals surface area contributed by atoms with Gasteiger partial charge in [-0.1, -0.05) is 42.5 Å². The Bertz CT molecular complexity index is 825. The van der Waals surface area contributed by atoms with Crippen molar-refractivity contribution in [3.05, 3.63) is 65.7 Å². The summed E-state index contributed by atoms with van der Waals surface area (Å²) in [6.07, 6.45) is 4.61. The average Bonchev–Trinajstić information content (AvgIpc) is 3.10. The molecule has 0 saturated carbocycles. The van der Waals surface area contributed by atoms with Crippen LogP contribution in [0.5, 0.6) is 5.75 Å². The number of aryl methyl sites for hydroxylation is 1. The molecule has 2 heterocycles. The summed E-state index contributed by atoms with van der Waals surface area (Å²) in [7, 11) is 0. The van der Waals surface area contributed by atoms with Crippen LogP contribution in [0, 0.1) is 0 Å². The minimum absolute atomic E-state index is 0.0959. The second-order valence-corrected chi connectivity index (χ2v) is 11.2. The van der Waals surface area contributed by atoms with E-state index in [0.29, 0.717) is 4.58 Å². The molecule has 2 saturated heterocycles. The number of rotatable bonds is 8. The van der Waals surface area contributed by atoms with E-state index in [9.17, 15) is 4.79 Å². The third-order valence-corrected chi connectivity index (χ3v) is 9.08. The molecule has 2 aromatic rings. The van der Waals surface area contributed by atoms with Crippen LogP contribution in [0.1, 0.15) is 35.0 Å². The number of hydrogen-bond acceptors (Lipinski definition) is 5. The lowest BCUT2D eigenvalue weighted by Crippen LogP contribution is -2.38. The summed E-state index contributed by atoms with van der Waals surface area (Å²) in [4.78, 5) is 17.2. The van der Waals surface area contributed by atoms with Crippen molar-refractivity contribution in [1.29, 1.82) is 0 Å². The first-order chi connectivity index (χ1) is 15.8. The highest BCUT2D eigenvalue weighted by Crippen LogP contribution is 2.43. The quantitative estimate of drug-likeness (QED) is 0.536. The molecule has 0 atom stereocenters. The fourth-order valence-corrected chi connectivity index (χ4v) is 7.13. The first-order valence-electron chi connectivity index (χ1n) is 11.8. The van der Waals surface area contributed by atoms with Crippen molar-refractivity contribution in [3.8, 4) is 5.75 Å². The highest BCUT2D eigenvalue weighted by Gasteiger charge is 2.20. The van der Waals surface area contributed by atoms with Gasteiger partial charge < -0.3 is 14.5 Å². The Morgan fingerprint density at radius 1 is 0.906 bits per heavy atom. The molecule has 0 aliphatic carbocycles. The summed E-state index contributed by atoms with van der Waals surface area (Å²) in [6.45, 7) is 4.86. The summed E-state index contributed by atoms with van der Waals surface area (Å²) in [6, 6.07) is 19.0. The van der Waals surface area contributed by atoms with Crippen molar-refractivity contribution >= 4 is 29.4 Å². The maximum absolute atomic E-state index is 12.7. The zero-order chi connectivity index (χ0) is 22.0. The maximum Gasteiger partial charge on any atom is 0.260 e. The number of carbonyl (C=O) groups is 1. The fourth-order valence-electron chi connectivity index (χ4n) is 4.23. The molecular formula is C26H34N2O2S2. The highest BCUT2D eigenvalue weighted by molar-refractivity contribution is 8.16. The van der Waals surface area contributed by atoms with E-state index in [1.165, 1.54) is 29.1 Å². The normalized spacial score (nSPS) is 18.3.